The molecule has 0 unspecified atom stereocenters. The number of halogens is 1. The van der Waals surface area contributed by atoms with E-state index in [2.05, 4.69) is 31.4 Å². The normalized spacial score (nSPS) is 10.7. The first-order chi connectivity index (χ1) is 12.6. The Morgan fingerprint density at radius 1 is 1.42 bits per heavy atom. The van der Waals surface area contributed by atoms with Gasteiger partial charge in [0.25, 0.3) is 5.91 Å². The third kappa shape index (κ3) is 4.41. The molecule has 0 atom stereocenters. The second-order valence-electron chi connectivity index (χ2n) is 5.38. The van der Waals surface area contributed by atoms with Crippen LogP contribution in [-0.4, -0.2) is 20.7 Å². The number of nitrogens with zero attached hydrogens (tertiary/aromatic N) is 2. The van der Waals surface area contributed by atoms with Gasteiger partial charge in [-0.05, 0) is 49.5 Å². The number of aromatic amines is 1. The van der Waals surface area contributed by atoms with E-state index in [4.69, 9.17) is 21.4 Å². The van der Waals surface area contributed by atoms with Crippen LogP contribution < -0.4 is 10.1 Å². The average Bonchev–Trinajstić information content (AvgIpc) is 3.24. The zero-order valence-corrected chi connectivity index (χ0v) is 16.4. The molecule has 3 aromatic rings. The Hall–Kier alpha value is -2.39. The van der Waals surface area contributed by atoms with Gasteiger partial charge >= 0.3 is 0 Å². The number of ether oxygens (including phenoxy) is 1. The highest BCUT2D eigenvalue weighted by atomic mass is 79.9. The molecule has 2 heterocycles. The van der Waals surface area contributed by atoms with Crippen LogP contribution in [0, 0.1) is 4.77 Å². The number of nitrogens with one attached hydrogen (secondary N) is 2. The summed E-state index contributed by atoms with van der Waals surface area (Å²) in [6, 6.07) is 10.8. The van der Waals surface area contributed by atoms with Crippen molar-refractivity contribution in [3.05, 3.63) is 63.0 Å². The first-order valence-corrected chi connectivity index (χ1v) is 9.16. The van der Waals surface area contributed by atoms with E-state index < -0.39 is 0 Å². The second kappa shape index (κ2) is 8.33. The molecule has 2 N–H and O–H groups in total. The maximum atomic E-state index is 12.2. The molecule has 2 aromatic heterocycles. The summed E-state index contributed by atoms with van der Waals surface area (Å²) in [5.41, 5.74) is 0. The molecule has 1 amide bonds. The molecular formula is C17H17BrN4O3S. The van der Waals surface area contributed by atoms with Crippen LogP contribution in [-0.2, 0) is 19.7 Å². The lowest BCUT2D eigenvalue weighted by Gasteiger charge is -2.05. The van der Waals surface area contributed by atoms with Crippen LogP contribution in [0.5, 0.6) is 5.75 Å². The van der Waals surface area contributed by atoms with E-state index in [-0.39, 0.29) is 24.8 Å². The van der Waals surface area contributed by atoms with Gasteiger partial charge in [-0.3, -0.25) is 9.89 Å². The van der Waals surface area contributed by atoms with E-state index in [1.807, 2.05) is 35.8 Å². The highest BCUT2D eigenvalue weighted by molar-refractivity contribution is 9.10. The zero-order valence-electron chi connectivity index (χ0n) is 14.0. The molecule has 0 saturated carbocycles. The van der Waals surface area contributed by atoms with Gasteiger partial charge in [0.1, 0.15) is 18.1 Å². The summed E-state index contributed by atoms with van der Waals surface area (Å²) in [6.07, 6.45) is 0. The number of hydrogen-bond donors (Lipinski definition) is 2. The fourth-order valence-electron chi connectivity index (χ4n) is 2.35. The molecular weight excluding hydrogens is 420 g/mol. The molecule has 0 fully saturated rings. The van der Waals surface area contributed by atoms with Crippen molar-refractivity contribution in [2.45, 2.75) is 26.6 Å². The van der Waals surface area contributed by atoms with E-state index in [1.54, 1.807) is 12.1 Å². The Labute approximate surface area is 163 Å². The van der Waals surface area contributed by atoms with E-state index >= 15 is 0 Å². The summed E-state index contributed by atoms with van der Waals surface area (Å²) >= 11 is 8.51. The summed E-state index contributed by atoms with van der Waals surface area (Å²) in [5.74, 6) is 1.83. The van der Waals surface area contributed by atoms with E-state index in [9.17, 15) is 4.79 Å². The van der Waals surface area contributed by atoms with Gasteiger partial charge in [-0.15, -0.1) is 0 Å². The standard InChI is InChI=1S/C17H17BrN4O3S/c1-2-22-15(20-21-17(22)26)9-19-16(23)14-7-6-13(25-14)10-24-12-5-3-4-11(18)8-12/h3-8H,2,9-10H2,1H3,(H,19,23)(H,21,26). The molecule has 0 aliphatic carbocycles. The average molecular weight is 437 g/mol. The van der Waals surface area contributed by atoms with Crippen molar-refractivity contribution in [1.82, 2.24) is 20.1 Å². The molecule has 0 aliphatic rings. The molecule has 0 saturated heterocycles. The first-order valence-electron chi connectivity index (χ1n) is 7.96. The van der Waals surface area contributed by atoms with E-state index in [1.165, 1.54) is 0 Å². The Morgan fingerprint density at radius 3 is 3.04 bits per heavy atom. The van der Waals surface area contributed by atoms with Crippen molar-refractivity contribution in [2.75, 3.05) is 0 Å². The maximum Gasteiger partial charge on any atom is 0.287 e. The topological polar surface area (TPSA) is 85.1 Å². The number of furan rings is 1. The zero-order chi connectivity index (χ0) is 18.5. The first kappa shape index (κ1) is 18.4. The number of aromatic nitrogens is 3. The number of benzene rings is 1. The third-order valence-electron chi connectivity index (χ3n) is 3.62. The molecule has 9 heteroatoms. The molecule has 136 valence electrons. The summed E-state index contributed by atoms with van der Waals surface area (Å²) < 4.78 is 14.5. The Balaban J connectivity index is 1.56. The van der Waals surface area contributed by atoms with Gasteiger partial charge in [0.15, 0.2) is 16.4 Å². The largest absolute Gasteiger partial charge is 0.486 e. The number of carbonyl (C=O) groups is 1. The quantitative estimate of drug-likeness (QED) is 0.549. The lowest BCUT2D eigenvalue weighted by atomic mass is 10.3. The van der Waals surface area contributed by atoms with E-state index in [0.717, 1.165) is 4.47 Å². The van der Waals surface area contributed by atoms with Crippen molar-refractivity contribution in [2.24, 2.45) is 0 Å². The third-order valence-corrected chi connectivity index (χ3v) is 4.43. The van der Waals surface area contributed by atoms with Crippen molar-refractivity contribution >= 4 is 34.1 Å². The molecule has 0 bridgehead atoms. The Bertz CT molecular complexity index is 963. The van der Waals surface area contributed by atoms with Gasteiger partial charge in [0.2, 0.25) is 0 Å². The summed E-state index contributed by atoms with van der Waals surface area (Å²) in [6.45, 7) is 3.13. The molecule has 3 rings (SSSR count). The summed E-state index contributed by atoms with van der Waals surface area (Å²) in [4.78, 5) is 12.2. The molecule has 0 spiro atoms. The minimum Gasteiger partial charge on any atom is -0.486 e. The Morgan fingerprint density at radius 2 is 2.27 bits per heavy atom. The minimum absolute atomic E-state index is 0.218. The molecule has 26 heavy (non-hydrogen) atoms. The second-order valence-corrected chi connectivity index (χ2v) is 6.69. The molecule has 0 aliphatic heterocycles. The lowest BCUT2D eigenvalue weighted by molar-refractivity contribution is 0.0917. The number of hydrogen-bond acceptors (Lipinski definition) is 5. The number of amides is 1. The smallest absolute Gasteiger partial charge is 0.287 e. The van der Waals surface area contributed by atoms with E-state index in [0.29, 0.717) is 28.6 Å². The predicted octanol–water partition coefficient (Wildman–Crippen LogP) is 3.83. The molecule has 1 aromatic carbocycles. The number of H-pyrrole nitrogens is 1. The van der Waals surface area contributed by atoms with Crippen molar-refractivity contribution in [3.8, 4) is 5.75 Å². The number of rotatable bonds is 7. The van der Waals surface area contributed by atoms with Crippen molar-refractivity contribution in [1.29, 1.82) is 0 Å². The van der Waals surface area contributed by atoms with Gasteiger partial charge in [-0.25, -0.2) is 0 Å². The minimum atomic E-state index is -0.324. The predicted molar refractivity (Wildman–Crippen MR) is 101 cm³/mol. The van der Waals surface area contributed by atoms with Gasteiger partial charge in [-0.2, -0.15) is 5.10 Å². The van der Waals surface area contributed by atoms with Gasteiger partial charge < -0.3 is 19.0 Å². The summed E-state index contributed by atoms with van der Waals surface area (Å²) in [7, 11) is 0. The fourth-order valence-corrected chi connectivity index (χ4v) is 3.00. The van der Waals surface area contributed by atoms with Gasteiger partial charge in [0, 0.05) is 11.0 Å². The highest BCUT2D eigenvalue weighted by Gasteiger charge is 2.13. The fraction of sp³-hybridized carbons (Fsp3) is 0.235. The van der Waals surface area contributed by atoms with Crippen LogP contribution in [0.25, 0.3) is 0 Å². The van der Waals surface area contributed by atoms with Crippen molar-refractivity contribution < 1.29 is 13.9 Å². The van der Waals surface area contributed by atoms with Crippen LogP contribution in [0.4, 0.5) is 0 Å². The van der Waals surface area contributed by atoms with Crippen LogP contribution in [0.2, 0.25) is 0 Å². The van der Waals surface area contributed by atoms with Crippen LogP contribution in [0.3, 0.4) is 0 Å². The molecule has 0 radical (unpaired) electrons. The van der Waals surface area contributed by atoms with Crippen LogP contribution >= 0.6 is 28.1 Å². The summed E-state index contributed by atoms with van der Waals surface area (Å²) in [5, 5.41) is 9.59. The lowest BCUT2D eigenvalue weighted by Crippen LogP contribution is -2.24. The Kier molecular flexibility index (Phi) is 5.89. The van der Waals surface area contributed by atoms with Crippen molar-refractivity contribution in [3.63, 3.8) is 0 Å². The maximum absolute atomic E-state index is 12.2. The van der Waals surface area contributed by atoms with Crippen LogP contribution in [0.15, 0.2) is 45.3 Å². The monoisotopic (exact) mass is 436 g/mol. The van der Waals surface area contributed by atoms with Gasteiger partial charge in [0.05, 0.1) is 6.54 Å². The van der Waals surface area contributed by atoms with Gasteiger partial charge in [-0.1, -0.05) is 22.0 Å². The SMILES string of the molecule is CCn1c(CNC(=O)c2ccc(COc3cccc(Br)c3)o2)n[nH]c1=S. The highest BCUT2D eigenvalue weighted by Crippen LogP contribution is 2.19. The van der Waals surface area contributed by atoms with Crippen LogP contribution in [0.1, 0.15) is 29.1 Å². The molecule has 7 nitrogen and oxygen atoms in total. The number of carbonyl (C=O) groups excluding carboxylic acids is 1.